The number of fused-ring (bicyclic) bond motifs is 8. The number of aliphatic hydroxyl groups excluding tert-OH is 4. The van der Waals surface area contributed by atoms with Gasteiger partial charge in [-0.05, 0) is 84.0 Å². The number of anilines is 2. The van der Waals surface area contributed by atoms with E-state index in [1.54, 1.807) is 0 Å². The molecule has 0 unspecified atom stereocenters. The van der Waals surface area contributed by atoms with Crippen LogP contribution in [0.25, 0.3) is 90.9 Å². The van der Waals surface area contributed by atoms with Crippen LogP contribution in [-0.4, -0.2) is 89.1 Å². The monoisotopic (exact) mass is 968 g/mol. The predicted octanol–water partition coefficient (Wildman–Crippen LogP) is 9.38. The minimum atomic E-state index is -1.91. The lowest BCUT2D eigenvalue weighted by Crippen LogP contribution is -2.29. The second kappa shape index (κ2) is 18.8. The summed E-state index contributed by atoms with van der Waals surface area (Å²) < 4.78 is 131. The van der Waals surface area contributed by atoms with E-state index in [1.165, 1.54) is 97.1 Å². The molecule has 12 nitrogen and oxygen atoms in total. The van der Waals surface area contributed by atoms with E-state index in [2.05, 4.69) is 20.6 Å². The Balaban J connectivity index is 1.46. The van der Waals surface area contributed by atoms with Gasteiger partial charge in [-0.1, -0.05) is 24.3 Å². The van der Waals surface area contributed by atoms with Crippen molar-refractivity contribution in [1.82, 2.24) is 19.9 Å². The summed E-state index contributed by atoms with van der Waals surface area (Å²) in [7, 11) is 0. The average molecular weight is 969 g/mol. The van der Waals surface area contributed by atoms with Gasteiger partial charge in [0, 0.05) is 44.3 Å². The summed E-state index contributed by atoms with van der Waals surface area (Å²) in [6.45, 7) is -3.46. The zero-order valence-corrected chi connectivity index (χ0v) is 35.8. The lowest BCUT2D eigenvalue weighted by molar-refractivity contribution is 0.203. The van der Waals surface area contributed by atoms with Crippen molar-refractivity contribution in [2.75, 3.05) is 37.1 Å². The largest absolute Gasteiger partial charge is 0.508 e. The maximum absolute atomic E-state index is 16.6. The first-order valence-electron chi connectivity index (χ1n) is 21.1. The number of hydrogen-bond acceptors (Lipinski definition) is 10. The first-order chi connectivity index (χ1) is 33.7. The summed E-state index contributed by atoms with van der Waals surface area (Å²) in [4.78, 5) is 15.4. The van der Waals surface area contributed by atoms with Crippen molar-refractivity contribution < 1.29 is 65.8 Å². The van der Waals surface area contributed by atoms with E-state index in [-0.39, 0.29) is 78.6 Å². The molecule has 0 spiro atoms. The number of hydrogen-bond donors (Lipinski definition) is 10. The lowest BCUT2D eigenvalue weighted by atomic mass is 10.0. The molecule has 0 fully saturated rings. The number of aliphatic hydroxyl groups is 4. The molecule has 5 heterocycles. The number of phenols is 2. The second-order valence-electron chi connectivity index (χ2n) is 16.0. The Bertz CT molecular complexity index is 3210. The molecule has 8 bridgehead atoms. The van der Waals surface area contributed by atoms with Crippen LogP contribution >= 0.6 is 0 Å². The summed E-state index contributed by atoms with van der Waals surface area (Å²) in [6.07, 6.45) is 5.28. The molecule has 0 saturated heterocycles. The van der Waals surface area contributed by atoms with Gasteiger partial charge < -0.3 is 51.2 Å². The molecule has 0 atom stereocenters. The SMILES string of the molecule is OCC(CO)Nc1c(F)c(F)c(-c2c3nc(c(-c4cccc(O)c4)c4ccc([nH]4)c(-c4c(F)c(F)c(NC(CO)CO)c(F)c4F)c4nc(c(-c5cccc(O)c5)c5ccc2[nH]5)C=C4)C=C3)c(F)c1F. The molecule has 2 aliphatic rings. The van der Waals surface area contributed by atoms with Gasteiger partial charge in [0.25, 0.3) is 0 Å². The normalized spacial score (nSPS) is 12.2. The van der Waals surface area contributed by atoms with Crippen molar-refractivity contribution in [2.24, 2.45) is 0 Å². The van der Waals surface area contributed by atoms with E-state index >= 15 is 35.1 Å². The third kappa shape index (κ3) is 8.15. The molecule has 358 valence electrons. The van der Waals surface area contributed by atoms with Gasteiger partial charge in [-0.2, -0.15) is 0 Å². The molecule has 0 aliphatic carbocycles. The third-order valence-corrected chi connectivity index (χ3v) is 11.6. The molecule has 70 heavy (non-hydrogen) atoms. The Morgan fingerprint density at radius 3 is 1.00 bits per heavy atom. The molecular formula is C50H36F8N6O6. The molecule has 3 aromatic heterocycles. The summed E-state index contributed by atoms with van der Waals surface area (Å²) in [5.74, 6) is -15.7. The topological polar surface area (TPSA) is 203 Å². The van der Waals surface area contributed by atoms with Gasteiger partial charge in [0.05, 0.1) is 72.4 Å². The van der Waals surface area contributed by atoms with E-state index in [0.29, 0.717) is 0 Å². The average Bonchev–Trinajstić information content (AvgIpc) is 4.21. The van der Waals surface area contributed by atoms with E-state index in [9.17, 15) is 30.6 Å². The van der Waals surface area contributed by atoms with Crippen molar-refractivity contribution in [2.45, 2.75) is 12.1 Å². The minimum Gasteiger partial charge on any atom is -0.508 e. The number of rotatable bonds is 12. The third-order valence-electron chi connectivity index (χ3n) is 11.6. The van der Waals surface area contributed by atoms with Gasteiger partial charge in [-0.3, -0.25) is 0 Å². The zero-order valence-electron chi connectivity index (χ0n) is 35.8. The van der Waals surface area contributed by atoms with Crippen LogP contribution in [0.2, 0.25) is 0 Å². The van der Waals surface area contributed by atoms with Gasteiger partial charge in [0.1, 0.15) is 22.9 Å². The number of aromatic amines is 2. The molecule has 4 aromatic carbocycles. The highest BCUT2D eigenvalue weighted by atomic mass is 19.2. The van der Waals surface area contributed by atoms with Crippen molar-refractivity contribution in [3.05, 3.63) is 142 Å². The number of nitrogens with zero attached hydrogens (tertiary/aromatic N) is 2. The van der Waals surface area contributed by atoms with E-state index in [1.807, 2.05) is 0 Å². The Kier molecular flexibility index (Phi) is 12.6. The van der Waals surface area contributed by atoms with Crippen molar-refractivity contribution in [3.63, 3.8) is 0 Å². The fourth-order valence-corrected chi connectivity index (χ4v) is 8.32. The molecule has 0 saturated carbocycles. The van der Waals surface area contributed by atoms with Gasteiger partial charge >= 0.3 is 0 Å². The predicted molar refractivity (Wildman–Crippen MR) is 247 cm³/mol. The maximum Gasteiger partial charge on any atom is 0.185 e. The van der Waals surface area contributed by atoms with E-state index in [0.717, 1.165) is 0 Å². The Labute approximate surface area is 389 Å². The molecule has 2 aliphatic heterocycles. The quantitative estimate of drug-likeness (QED) is 0.0415. The lowest BCUT2D eigenvalue weighted by Gasteiger charge is -2.18. The van der Waals surface area contributed by atoms with Crippen LogP contribution in [0.3, 0.4) is 0 Å². The van der Waals surface area contributed by atoms with Crippen LogP contribution < -0.4 is 10.6 Å². The number of H-pyrrole nitrogens is 2. The van der Waals surface area contributed by atoms with Crippen LogP contribution in [0, 0.1) is 46.5 Å². The van der Waals surface area contributed by atoms with Crippen LogP contribution in [0.1, 0.15) is 22.8 Å². The smallest absolute Gasteiger partial charge is 0.185 e. The van der Waals surface area contributed by atoms with Crippen molar-refractivity contribution >= 4 is 57.7 Å². The Morgan fingerprint density at radius 2 is 0.700 bits per heavy atom. The van der Waals surface area contributed by atoms with Crippen LogP contribution in [0.5, 0.6) is 11.5 Å². The van der Waals surface area contributed by atoms with Crippen LogP contribution in [0.4, 0.5) is 46.5 Å². The molecule has 0 amide bonds. The van der Waals surface area contributed by atoms with Gasteiger partial charge in [-0.25, -0.2) is 45.1 Å². The number of aromatic hydroxyl groups is 2. The zero-order chi connectivity index (χ0) is 49.7. The van der Waals surface area contributed by atoms with Gasteiger partial charge in [-0.15, -0.1) is 0 Å². The first kappa shape index (κ1) is 47.0. The van der Waals surface area contributed by atoms with Gasteiger partial charge in [0.2, 0.25) is 0 Å². The van der Waals surface area contributed by atoms with Crippen LogP contribution in [0.15, 0.2) is 72.8 Å². The highest BCUT2D eigenvalue weighted by Gasteiger charge is 2.33. The number of halogens is 8. The number of phenolic OH excluding ortho intramolecular Hbond substituents is 2. The molecule has 9 rings (SSSR count). The number of benzene rings is 4. The second-order valence-corrected chi connectivity index (χ2v) is 16.0. The molecule has 20 heteroatoms. The van der Waals surface area contributed by atoms with Crippen molar-refractivity contribution in [3.8, 4) is 56.0 Å². The fraction of sp³-hybridized carbons (Fsp3) is 0.120. The maximum atomic E-state index is 16.6. The standard InChI is InChI=1S/C50H36F8N6O6/c51-41-39(42(52)46(56)49(45(41)55)59-23(17-65)18-66)37-31-11-7-27(61-31)35(21-3-1-5-25(69)15-21)28-8-12-32(62-28)38(40-43(53)47(57)50(48(58)44(40)54)60-24(19-67)20-68)34-14-10-30(64-34)36(29-9-13-33(37)63-29)22-4-2-6-26(70)16-22/h1-16,23-24,59-61,64-70H,17-20H2. The molecule has 10 N–H and O–H groups in total. The fourth-order valence-electron chi connectivity index (χ4n) is 8.32. The molecule has 0 radical (unpaired) electrons. The van der Waals surface area contributed by atoms with Gasteiger partial charge in [0.15, 0.2) is 46.5 Å². The number of aromatic nitrogens is 4. The highest BCUT2D eigenvalue weighted by molar-refractivity contribution is 6.00. The van der Waals surface area contributed by atoms with Crippen LogP contribution in [-0.2, 0) is 0 Å². The summed E-state index contributed by atoms with van der Waals surface area (Å²) >= 11 is 0. The molecular weight excluding hydrogens is 933 g/mol. The van der Waals surface area contributed by atoms with E-state index < -0.39 is 119 Å². The summed E-state index contributed by atoms with van der Waals surface area (Å²) in [6, 6.07) is 13.8. The summed E-state index contributed by atoms with van der Waals surface area (Å²) in [5.41, 5.74) is -6.32. The highest BCUT2D eigenvalue weighted by Crippen LogP contribution is 2.44. The van der Waals surface area contributed by atoms with E-state index in [4.69, 9.17) is 9.97 Å². The first-order valence-corrected chi connectivity index (χ1v) is 21.1. The minimum absolute atomic E-state index is 0.0198. The Morgan fingerprint density at radius 1 is 0.400 bits per heavy atom. The van der Waals surface area contributed by atoms with Crippen molar-refractivity contribution in [1.29, 1.82) is 0 Å². The number of nitrogens with one attached hydrogen (secondary N) is 4. The summed E-state index contributed by atoms with van der Waals surface area (Å²) in [5, 5.41) is 63.7. The molecule has 7 aromatic rings. The Hall–Kier alpha value is -8.04.